The fourth-order valence-corrected chi connectivity index (χ4v) is 2.91. The van der Waals surface area contributed by atoms with Crippen LogP contribution in [0.3, 0.4) is 0 Å². The molecule has 4 rings (SSSR count). The molecule has 3 aromatic rings. The molecule has 27 heavy (non-hydrogen) atoms. The highest BCUT2D eigenvalue weighted by atomic mass is 35.5. The maximum atomic E-state index is 12.7. The van der Waals surface area contributed by atoms with Crippen LogP contribution >= 0.6 is 11.6 Å². The molecule has 0 fully saturated rings. The molecule has 0 aliphatic carbocycles. The molecule has 1 aliphatic rings. The number of anilines is 2. The Balaban J connectivity index is 1.57. The van der Waals surface area contributed by atoms with Gasteiger partial charge in [-0.25, -0.2) is 0 Å². The SMILES string of the molecule is CC1Oc2ccc(NC(=O)c3cn[nH]c3-c3ccc(Cl)cc3)cc2NC1=O. The molecule has 136 valence electrons. The van der Waals surface area contributed by atoms with Gasteiger partial charge in [-0.15, -0.1) is 0 Å². The van der Waals surface area contributed by atoms with Crippen molar-refractivity contribution in [2.45, 2.75) is 13.0 Å². The van der Waals surface area contributed by atoms with E-state index in [4.69, 9.17) is 16.3 Å². The Labute approximate surface area is 159 Å². The van der Waals surface area contributed by atoms with Gasteiger partial charge in [-0.3, -0.25) is 14.7 Å². The molecular formula is C19H15ClN4O3. The second-order valence-corrected chi connectivity index (χ2v) is 6.52. The topological polar surface area (TPSA) is 96.1 Å². The van der Waals surface area contributed by atoms with Crippen molar-refractivity contribution in [3.05, 3.63) is 59.2 Å². The number of aromatic amines is 1. The van der Waals surface area contributed by atoms with Crippen molar-refractivity contribution in [2.75, 3.05) is 10.6 Å². The lowest BCUT2D eigenvalue weighted by atomic mass is 10.1. The van der Waals surface area contributed by atoms with E-state index in [0.29, 0.717) is 33.4 Å². The zero-order valence-electron chi connectivity index (χ0n) is 14.2. The number of ether oxygens (including phenoxy) is 1. The van der Waals surface area contributed by atoms with E-state index in [1.165, 1.54) is 6.20 Å². The Morgan fingerprint density at radius 1 is 1.22 bits per heavy atom. The number of rotatable bonds is 3. The summed E-state index contributed by atoms with van der Waals surface area (Å²) in [6, 6.07) is 12.2. The van der Waals surface area contributed by atoms with Gasteiger partial charge < -0.3 is 15.4 Å². The van der Waals surface area contributed by atoms with Gasteiger partial charge in [0.25, 0.3) is 11.8 Å². The van der Waals surface area contributed by atoms with Crippen molar-refractivity contribution in [2.24, 2.45) is 0 Å². The number of H-pyrrole nitrogens is 1. The lowest BCUT2D eigenvalue weighted by Crippen LogP contribution is -2.34. The summed E-state index contributed by atoms with van der Waals surface area (Å²) in [6.45, 7) is 1.67. The molecule has 0 saturated carbocycles. The van der Waals surface area contributed by atoms with Crippen molar-refractivity contribution in [1.82, 2.24) is 10.2 Å². The van der Waals surface area contributed by atoms with Crippen LogP contribution < -0.4 is 15.4 Å². The van der Waals surface area contributed by atoms with Crippen LogP contribution in [0.1, 0.15) is 17.3 Å². The molecular weight excluding hydrogens is 368 g/mol. The minimum absolute atomic E-state index is 0.231. The van der Waals surface area contributed by atoms with E-state index in [1.54, 1.807) is 49.4 Å². The molecule has 0 spiro atoms. The fourth-order valence-electron chi connectivity index (χ4n) is 2.78. The average molecular weight is 383 g/mol. The van der Waals surface area contributed by atoms with Gasteiger partial charge in [-0.05, 0) is 37.3 Å². The molecule has 7 nitrogen and oxygen atoms in total. The second-order valence-electron chi connectivity index (χ2n) is 6.08. The molecule has 0 radical (unpaired) electrons. The Morgan fingerprint density at radius 2 is 2.00 bits per heavy atom. The number of hydrogen-bond donors (Lipinski definition) is 3. The monoisotopic (exact) mass is 382 g/mol. The minimum atomic E-state index is -0.550. The number of aromatic nitrogens is 2. The van der Waals surface area contributed by atoms with Crippen LogP contribution in [0.2, 0.25) is 5.02 Å². The van der Waals surface area contributed by atoms with E-state index < -0.39 is 6.10 Å². The third-order valence-corrected chi connectivity index (χ3v) is 4.44. The van der Waals surface area contributed by atoms with E-state index in [2.05, 4.69) is 20.8 Å². The van der Waals surface area contributed by atoms with Gasteiger partial charge >= 0.3 is 0 Å². The summed E-state index contributed by atoms with van der Waals surface area (Å²) in [5.74, 6) is 0.00108. The molecule has 1 atom stereocenters. The van der Waals surface area contributed by atoms with Crippen LogP contribution in [0.15, 0.2) is 48.7 Å². The zero-order valence-corrected chi connectivity index (χ0v) is 15.0. The number of hydrogen-bond acceptors (Lipinski definition) is 4. The Morgan fingerprint density at radius 3 is 2.78 bits per heavy atom. The molecule has 2 heterocycles. The van der Waals surface area contributed by atoms with Gasteiger partial charge in [0.05, 0.1) is 23.1 Å². The normalized spacial score (nSPS) is 15.5. The van der Waals surface area contributed by atoms with Gasteiger partial charge in [0.15, 0.2) is 6.10 Å². The number of carbonyl (C=O) groups excluding carboxylic acids is 2. The molecule has 1 aliphatic heterocycles. The van der Waals surface area contributed by atoms with Crippen molar-refractivity contribution >= 4 is 34.8 Å². The average Bonchev–Trinajstić information content (AvgIpc) is 3.13. The van der Waals surface area contributed by atoms with Crippen LogP contribution in [0.4, 0.5) is 11.4 Å². The van der Waals surface area contributed by atoms with Gasteiger partial charge in [0, 0.05) is 16.3 Å². The van der Waals surface area contributed by atoms with Gasteiger partial charge in [-0.1, -0.05) is 23.7 Å². The summed E-state index contributed by atoms with van der Waals surface area (Å²) in [6.07, 6.45) is 0.912. The highest BCUT2D eigenvalue weighted by Gasteiger charge is 2.24. The molecule has 2 amide bonds. The Hall–Kier alpha value is -3.32. The predicted octanol–water partition coefficient (Wildman–Crippen LogP) is 3.70. The van der Waals surface area contributed by atoms with Crippen molar-refractivity contribution in [3.8, 4) is 17.0 Å². The lowest BCUT2D eigenvalue weighted by molar-refractivity contribution is -0.122. The third kappa shape index (κ3) is 3.37. The molecule has 1 aromatic heterocycles. The van der Waals surface area contributed by atoms with E-state index in [9.17, 15) is 9.59 Å². The fraction of sp³-hybridized carbons (Fsp3) is 0.105. The molecule has 1 unspecified atom stereocenters. The zero-order chi connectivity index (χ0) is 19.0. The van der Waals surface area contributed by atoms with Crippen LogP contribution in [0.25, 0.3) is 11.3 Å². The maximum absolute atomic E-state index is 12.7. The van der Waals surface area contributed by atoms with Gasteiger partial charge in [-0.2, -0.15) is 5.10 Å². The van der Waals surface area contributed by atoms with Gasteiger partial charge in [0.2, 0.25) is 0 Å². The number of fused-ring (bicyclic) bond motifs is 1. The molecule has 8 heteroatoms. The van der Waals surface area contributed by atoms with Crippen LogP contribution in [0.5, 0.6) is 5.75 Å². The number of halogens is 1. The van der Waals surface area contributed by atoms with Crippen LogP contribution in [-0.4, -0.2) is 28.1 Å². The quantitative estimate of drug-likeness (QED) is 0.643. The molecule has 3 N–H and O–H groups in total. The largest absolute Gasteiger partial charge is 0.479 e. The van der Waals surface area contributed by atoms with Crippen molar-refractivity contribution in [1.29, 1.82) is 0 Å². The van der Waals surface area contributed by atoms with Gasteiger partial charge in [0.1, 0.15) is 5.75 Å². The second kappa shape index (κ2) is 6.77. The number of nitrogens with zero attached hydrogens (tertiary/aromatic N) is 1. The summed E-state index contributed by atoms with van der Waals surface area (Å²) in [7, 11) is 0. The third-order valence-electron chi connectivity index (χ3n) is 4.19. The number of benzene rings is 2. The number of nitrogens with one attached hydrogen (secondary N) is 3. The summed E-state index contributed by atoms with van der Waals surface area (Å²) < 4.78 is 5.51. The predicted molar refractivity (Wildman–Crippen MR) is 102 cm³/mol. The maximum Gasteiger partial charge on any atom is 0.265 e. The molecule has 0 saturated heterocycles. The minimum Gasteiger partial charge on any atom is -0.479 e. The van der Waals surface area contributed by atoms with Crippen molar-refractivity contribution in [3.63, 3.8) is 0 Å². The summed E-state index contributed by atoms with van der Waals surface area (Å²) in [5.41, 5.74) is 2.82. The van der Waals surface area contributed by atoms with E-state index >= 15 is 0 Å². The van der Waals surface area contributed by atoms with Crippen LogP contribution in [-0.2, 0) is 4.79 Å². The lowest BCUT2D eigenvalue weighted by Gasteiger charge is -2.23. The van der Waals surface area contributed by atoms with E-state index in [0.717, 1.165) is 5.56 Å². The first-order chi connectivity index (χ1) is 13.0. The standard InChI is InChI=1S/C19H15ClN4O3/c1-10-18(25)23-15-8-13(6-7-16(15)27-10)22-19(26)14-9-21-24-17(14)11-2-4-12(20)5-3-11/h2-10H,1H3,(H,21,24)(H,22,26)(H,23,25). The summed E-state index contributed by atoms with van der Waals surface area (Å²) >= 11 is 5.91. The number of amides is 2. The molecule has 2 aromatic carbocycles. The van der Waals surface area contributed by atoms with Crippen molar-refractivity contribution < 1.29 is 14.3 Å². The Bertz CT molecular complexity index is 1030. The van der Waals surface area contributed by atoms with Crippen LogP contribution in [0, 0.1) is 0 Å². The van der Waals surface area contributed by atoms with E-state index in [-0.39, 0.29) is 11.8 Å². The first kappa shape index (κ1) is 17.1. The Kier molecular flexibility index (Phi) is 4.29. The molecule has 0 bridgehead atoms. The van der Waals surface area contributed by atoms with E-state index in [1.807, 2.05) is 0 Å². The summed E-state index contributed by atoms with van der Waals surface area (Å²) in [5, 5.41) is 13.0. The first-order valence-corrected chi connectivity index (χ1v) is 8.61. The smallest absolute Gasteiger partial charge is 0.265 e. The first-order valence-electron chi connectivity index (χ1n) is 8.23. The summed E-state index contributed by atoms with van der Waals surface area (Å²) in [4.78, 5) is 24.5. The highest BCUT2D eigenvalue weighted by molar-refractivity contribution is 6.30. The number of carbonyl (C=O) groups is 2. The highest BCUT2D eigenvalue weighted by Crippen LogP contribution is 2.32.